The van der Waals surface area contributed by atoms with Gasteiger partial charge in [0.2, 0.25) is 0 Å². The zero-order valence-electron chi connectivity index (χ0n) is 7.47. The van der Waals surface area contributed by atoms with Gasteiger partial charge >= 0.3 is 0 Å². The maximum absolute atomic E-state index is 2.44. The lowest BCUT2D eigenvalue weighted by molar-refractivity contribution is 0.805. The monoisotopic (exact) mass is 150 g/mol. The Morgan fingerprint density at radius 2 is 2.00 bits per heavy atom. The van der Waals surface area contributed by atoms with Crippen LogP contribution in [-0.4, -0.2) is 0 Å². The Kier molecular flexibility index (Phi) is 4.03. The lowest BCUT2D eigenvalue weighted by Gasteiger charge is -2.06. The summed E-state index contributed by atoms with van der Waals surface area (Å²) < 4.78 is 0. The Bertz CT molecular complexity index is 151. The highest BCUT2D eigenvalue weighted by Crippen LogP contribution is 2.16. The third-order valence-corrected chi connectivity index (χ3v) is 2.14. The van der Waals surface area contributed by atoms with Crippen LogP contribution in [0.1, 0.15) is 45.4 Å². The number of allylic oxidation sites excluding steroid dienone is 4. The lowest BCUT2D eigenvalue weighted by atomic mass is 10.0. The smallest absolute Gasteiger partial charge is 0.0286 e. The average Bonchev–Trinajstić information content (AvgIpc) is 1.94. The lowest BCUT2D eigenvalue weighted by Crippen LogP contribution is -1.85. The van der Waals surface area contributed by atoms with Crippen LogP contribution in [0, 0.1) is 0 Å². The minimum atomic E-state index is 1.24. The van der Waals surface area contributed by atoms with E-state index in [9.17, 15) is 0 Å². The molecule has 0 heteroatoms. The van der Waals surface area contributed by atoms with E-state index in [0.29, 0.717) is 0 Å². The van der Waals surface area contributed by atoms with Gasteiger partial charge in [-0.1, -0.05) is 37.1 Å². The zero-order chi connectivity index (χ0) is 7.94. The minimum Gasteiger partial charge on any atom is -0.0882 e. The molecule has 0 unspecified atom stereocenters. The third kappa shape index (κ3) is 3.41. The number of rotatable bonds is 2. The molecule has 0 spiro atoms. The highest BCUT2D eigenvalue weighted by molar-refractivity contribution is 5.06. The topological polar surface area (TPSA) is 0 Å². The predicted molar refractivity (Wildman–Crippen MR) is 50.6 cm³/mol. The Morgan fingerprint density at radius 3 is 2.82 bits per heavy atom. The highest BCUT2D eigenvalue weighted by Gasteiger charge is 1.96. The van der Waals surface area contributed by atoms with Crippen molar-refractivity contribution in [2.45, 2.75) is 45.4 Å². The molecule has 0 atom stereocenters. The summed E-state index contributed by atoms with van der Waals surface area (Å²) in [6, 6.07) is 0. The molecule has 62 valence electrons. The molecule has 0 saturated carbocycles. The van der Waals surface area contributed by atoms with Crippen molar-refractivity contribution < 1.29 is 0 Å². The van der Waals surface area contributed by atoms with Crippen molar-refractivity contribution in [3.8, 4) is 0 Å². The van der Waals surface area contributed by atoms with Crippen LogP contribution < -0.4 is 0 Å². The molecular weight excluding hydrogens is 132 g/mol. The van der Waals surface area contributed by atoms with Crippen molar-refractivity contribution in [3.05, 3.63) is 23.8 Å². The Labute approximate surface area is 70.0 Å². The summed E-state index contributed by atoms with van der Waals surface area (Å²) >= 11 is 0. The predicted octanol–water partition coefficient (Wildman–Crippen LogP) is 3.84. The van der Waals surface area contributed by atoms with Crippen LogP contribution in [0.4, 0.5) is 0 Å². The van der Waals surface area contributed by atoms with Gasteiger partial charge in [0, 0.05) is 0 Å². The van der Waals surface area contributed by atoms with Crippen molar-refractivity contribution >= 4 is 0 Å². The molecule has 1 rings (SSSR count). The molecule has 0 aromatic heterocycles. The van der Waals surface area contributed by atoms with E-state index in [1.54, 1.807) is 5.57 Å². The standard InChI is InChI=1S/C11H18/c1-2-8-11-9-6-4-3-5-7-10-11/h3-4,10H,2,5-9H2,1H3/b4-3-,11-10-. The van der Waals surface area contributed by atoms with Crippen molar-refractivity contribution in [1.82, 2.24) is 0 Å². The van der Waals surface area contributed by atoms with Gasteiger partial charge in [-0.2, -0.15) is 0 Å². The molecule has 0 aliphatic heterocycles. The van der Waals surface area contributed by atoms with E-state index in [1.807, 2.05) is 0 Å². The molecular formula is C11H18. The maximum Gasteiger partial charge on any atom is -0.0286 e. The first-order chi connectivity index (χ1) is 5.43. The van der Waals surface area contributed by atoms with Crippen LogP contribution in [0.15, 0.2) is 23.8 Å². The van der Waals surface area contributed by atoms with Crippen LogP contribution in [0.3, 0.4) is 0 Å². The first kappa shape index (κ1) is 8.58. The van der Waals surface area contributed by atoms with Crippen molar-refractivity contribution in [1.29, 1.82) is 0 Å². The van der Waals surface area contributed by atoms with E-state index in [-0.39, 0.29) is 0 Å². The average molecular weight is 150 g/mol. The first-order valence-corrected chi connectivity index (χ1v) is 4.76. The molecule has 0 amide bonds. The van der Waals surface area contributed by atoms with Gasteiger partial charge in [-0.05, 0) is 32.1 Å². The van der Waals surface area contributed by atoms with Crippen LogP contribution in [-0.2, 0) is 0 Å². The SMILES string of the molecule is CCC/C1=C/CC/C=C\CC1. The van der Waals surface area contributed by atoms with Crippen LogP contribution in [0.25, 0.3) is 0 Å². The zero-order valence-corrected chi connectivity index (χ0v) is 7.47. The second-order valence-corrected chi connectivity index (χ2v) is 3.20. The molecule has 0 radical (unpaired) electrons. The Balaban J connectivity index is 2.37. The summed E-state index contributed by atoms with van der Waals surface area (Å²) in [5.74, 6) is 0. The van der Waals surface area contributed by atoms with E-state index >= 15 is 0 Å². The van der Waals surface area contributed by atoms with Crippen LogP contribution in [0.2, 0.25) is 0 Å². The highest BCUT2D eigenvalue weighted by atomic mass is 14.0. The van der Waals surface area contributed by atoms with E-state index in [0.717, 1.165) is 0 Å². The fraction of sp³-hybridized carbons (Fsp3) is 0.636. The van der Waals surface area contributed by atoms with Gasteiger partial charge in [0.25, 0.3) is 0 Å². The summed E-state index contributed by atoms with van der Waals surface area (Å²) in [5, 5.41) is 0. The second-order valence-electron chi connectivity index (χ2n) is 3.20. The maximum atomic E-state index is 2.44. The number of hydrogen-bond donors (Lipinski definition) is 0. The van der Waals surface area contributed by atoms with E-state index in [2.05, 4.69) is 25.2 Å². The summed E-state index contributed by atoms with van der Waals surface area (Å²) in [5.41, 5.74) is 1.68. The molecule has 0 aromatic rings. The summed E-state index contributed by atoms with van der Waals surface area (Å²) in [6.07, 6.45) is 14.7. The summed E-state index contributed by atoms with van der Waals surface area (Å²) in [4.78, 5) is 0. The molecule has 1 aliphatic rings. The molecule has 0 heterocycles. The quantitative estimate of drug-likeness (QED) is 0.524. The van der Waals surface area contributed by atoms with E-state index < -0.39 is 0 Å². The first-order valence-electron chi connectivity index (χ1n) is 4.76. The third-order valence-electron chi connectivity index (χ3n) is 2.14. The molecule has 1 aliphatic carbocycles. The van der Waals surface area contributed by atoms with Gasteiger partial charge in [0.1, 0.15) is 0 Å². The van der Waals surface area contributed by atoms with Crippen molar-refractivity contribution in [2.75, 3.05) is 0 Å². The van der Waals surface area contributed by atoms with Gasteiger partial charge < -0.3 is 0 Å². The molecule has 0 saturated heterocycles. The minimum absolute atomic E-state index is 1.24. The van der Waals surface area contributed by atoms with Crippen molar-refractivity contribution in [3.63, 3.8) is 0 Å². The molecule has 11 heavy (non-hydrogen) atoms. The normalized spacial score (nSPS) is 26.5. The molecule has 0 bridgehead atoms. The fourth-order valence-corrected chi connectivity index (χ4v) is 1.54. The van der Waals surface area contributed by atoms with E-state index in [1.165, 1.54) is 38.5 Å². The van der Waals surface area contributed by atoms with Crippen LogP contribution in [0.5, 0.6) is 0 Å². The molecule has 0 aromatic carbocycles. The fourth-order valence-electron chi connectivity index (χ4n) is 1.54. The van der Waals surface area contributed by atoms with Crippen molar-refractivity contribution in [2.24, 2.45) is 0 Å². The molecule has 0 nitrogen and oxygen atoms in total. The van der Waals surface area contributed by atoms with Gasteiger partial charge in [-0.3, -0.25) is 0 Å². The molecule has 0 N–H and O–H groups in total. The van der Waals surface area contributed by atoms with Gasteiger partial charge in [-0.15, -0.1) is 0 Å². The van der Waals surface area contributed by atoms with Gasteiger partial charge in [0.05, 0.1) is 0 Å². The summed E-state index contributed by atoms with van der Waals surface area (Å²) in [6.45, 7) is 2.26. The Morgan fingerprint density at radius 1 is 1.18 bits per heavy atom. The van der Waals surface area contributed by atoms with Crippen LogP contribution >= 0.6 is 0 Å². The number of hydrogen-bond acceptors (Lipinski definition) is 0. The van der Waals surface area contributed by atoms with E-state index in [4.69, 9.17) is 0 Å². The second kappa shape index (κ2) is 5.17. The molecule has 0 fully saturated rings. The Hall–Kier alpha value is -0.520. The summed E-state index contributed by atoms with van der Waals surface area (Å²) in [7, 11) is 0. The van der Waals surface area contributed by atoms with Gasteiger partial charge in [0.15, 0.2) is 0 Å². The largest absolute Gasteiger partial charge is 0.0882 e. The van der Waals surface area contributed by atoms with Gasteiger partial charge in [-0.25, -0.2) is 0 Å².